The van der Waals surface area contributed by atoms with Gasteiger partial charge in [-0.15, -0.1) is 0 Å². The molecule has 2 rings (SSSR count). The van der Waals surface area contributed by atoms with Crippen LogP contribution in [-0.2, 0) is 14.8 Å². The van der Waals surface area contributed by atoms with Crippen LogP contribution < -0.4 is 9.46 Å². The fourth-order valence-corrected chi connectivity index (χ4v) is 4.00. The molecule has 0 atom stereocenters. The van der Waals surface area contributed by atoms with Crippen LogP contribution in [0.2, 0.25) is 0 Å². The van der Waals surface area contributed by atoms with Crippen molar-refractivity contribution in [3.63, 3.8) is 0 Å². The second-order valence-corrected chi connectivity index (χ2v) is 8.57. The zero-order valence-corrected chi connectivity index (χ0v) is 17.0. The van der Waals surface area contributed by atoms with Crippen LogP contribution in [0.25, 0.3) is 0 Å². The Balaban J connectivity index is 1.87. The number of hydrogen-bond donors (Lipinski definition) is 1. The number of rotatable bonds is 6. The number of methoxy groups -OCH3 is 1. The molecule has 1 fully saturated rings. The summed E-state index contributed by atoms with van der Waals surface area (Å²) in [7, 11) is -2.40. The van der Waals surface area contributed by atoms with Crippen molar-refractivity contribution in [2.45, 2.75) is 36.2 Å². The molecule has 31 heavy (non-hydrogen) atoms. The molecule has 0 saturated carbocycles. The Hall–Kier alpha value is -2.22. The average molecular weight is 478 g/mol. The first-order valence-corrected chi connectivity index (χ1v) is 10.4. The molecule has 0 aromatic heterocycles. The van der Waals surface area contributed by atoms with Crippen molar-refractivity contribution in [1.82, 2.24) is 9.62 Å². The first-order valence-electron chi connectivity index (χ1n) is 8.96. The number of carbonyl (C=O) groups excluding carboxylic acids is 1. The summed E-state index contributed by atoms with van der Waals surface area (Å²) in [5, 5.41) is 0. The number of amides is 1. The van der Waals surface area contributed by atoms with Crippen LogP contribution in [0.1, 0.15) is 12.8 Å². The molecule has 14 heteroatoms. The lowest BCUT2D eigenvalue weighted by Gasteiger charge is -2.33. The van der Waals surface area contributed by atoms with Gasteiger partial charge in [0.05, 0.1) is 12.0 Å². The maximum absolute atomic E-state index is 12.5. The molecule has 1 aromatic carbocycles. The molecule has 1 N–H and O–H groups in total. The van der Waals surface area contributed by atoms with Crippen molar-refractivity contribution < 1.29 is 49.0 Å². The third-order valence-electron chi connectivity index (χ3n) is 4.62. The third-order valence-corrected chi connectivity index (χ3v) is 6.06. The lowest BCUT2D eigenvalue weighted by atomic mass is 9.97. The highest BCUT2D eigenvalue weighted by Crippen LogP contribution is 2.36. The number of piperidine rings is 1. The van der Waals surface area contributed by atoms with Crippen LogP contribution in [0.4, 0.5) is 31.1 Å². The molecule has 1 heterocycles. The van der Waals surface area contributed by atoms with E-state index in [1.54, 1.807) is 0 Å². The van der Waals surface area contributed by atoms with Gasteiger partial charge in [0.2, 0.25) is 10.0 Å². The van der Waals surface area contributed by atoms with E-state index in [9.17, 15) is 39.6 Å². The van der Waals surface area contributed by atoms with Gasteiger partial charge in [-0.05, 0) is 43.0 Å². The van der Waals surface area contributed by atoms with Crippen molar-refractivity contribution >= 4 is 16.1 Å². The minimum atomic E-state index is -5.79. The predicted octanol–water partition coefficient (Wildman–Crippen LogP) is 3.32. The summed E-state index contributed by atoms with van der Waals surface area (Å²) in [6, 6.07) is 5.62. The van der Waals surface area contributed by atoms with E-state index in [1.165, 1.54) is 31.4 Å². The van der Waals surface area contributed by atoms with Gasteiger partial charge in [0.15, 0.2) is 0 Å². The van der Waals surface area contributed by atoms with Crippen LogP contribution in [0.5, 0.6) is 5.75 Å². The lowest BCUT2D eigenvalue weighted by Crippen LogP contribution is -2.49. The lowest BCUT2D eigenvalue weighted by molar-refractivity contribution is -0.308. The smallest absolute Gasteiger partial charge is 0.434 e. The summed E-state index contributed by atoms with van der Waals surface area (Å²) in [4.78, 5) is 12.5. The Bertz CT molecular complexity index is 835. The van der Waals surface area contributed by atoms with Gasteiger partial charge in [-0.1, -0.05) is 0 Å². The first-order chi connectivity index (χ1) is 14.2. The molecular formula is C17H20F6N2O5S. The van der Waals surface area contributed by atoms with E-state index in [0.29, 0.717) is 5.75 Å². The molecule has 1 aliphatic heterocycles. The summed E-state index contributed by atoms with van der Waals surface area (Å²) in [5.41, 5.74) is 0. The number of halogens is 6. The molecule has 1 aliphatic rings. The molecule has 1 amide bonds. The van der Waals surface area contributed by atoms with E-state index in [4.69, 9.17) is 4.74 Å². The SMILES string of the molecule is COc1ccc(S(=O)(=O)NCC2CCN(C(=O)OC(C(F)(F)F)C(F)(F)F)CC2)cc1. The molecule has 176 valence electrons. The predicted molar refractivity (Wildman–Crippen MR) is 94.9 cm³/mol. The van der Waals surface area contributed by atoms with Gasteiger partial charge in [-0.2, -0.15) is 26.3 Å². The minimum absolute atomic E-state index is 0.000318. The minimum Gasteiger partial charge on any atom is -0.497 e. The largest absolute Gasteiger partial charge is 0.497 e. The van der Waals surface area contributed by atoms with Crippen LogP contribution in [0, 0.1) is 5.92 Å². The monoisotopic (exact) mass is 478 g/mol. The highest BCUT2D eigenvalue weighted by Gasteiger charge is 2.60. The first kappa shape index (κ1) is 25.0. The number of alkyl halides is 6. The number of nitrogens with one attached hydrogen (secondary N) is 1. The molecule has 0 unspecified atom stereocenters. The molecule has 0 spiro atoms. The molecule has 1 saturated heterocycles. The highest BCUT2D eigenvalue weighted by molar-refractivity contribution is 7.89. The van der Waals surface area contributed by atoms with Crippen molar-refractivity contribution in [2.75, 3.05) is 26.7 Å². The summed E-state index contributed by atoms with van der Waals surface area (Å²) >= 11 is 0. The number of benzene rings is 1. The second kappa shape index (κ2) is 9.51. The number of sulfonamides is 1. The van der Waals surface area contributed by atoms with Crippen molar-refractivity contribution in [2.24, 2.45) is 5.92 Å². The molecule has 0 aliphatic carbocycles. The Morgan fingerprint density at radius 1 is 1.10 bits per heavy atom. The van der Waals surface area contributed by atoms with Crippen LogP contribution in [-0.4, -0.2) is 64.6 Å². The van der Waals surface area contributed by atoms with E-state index >= 15 is 0 Å². The Kier molecular flexibility index (Phi) is 7.68. The maximum atomic E-state index is 12.5. The zero-order valence-electron chi connectivity index (χ0n) is 16.2. The number of carbonyl (C=O) groups is 1. The number of ether oxygens (including phenoxy) is 2. The van der Waals surface area contributed by atoms with E-state index in [-0.39, 0.29) is 43.3 Å². The fourth-order valence-electron chi connectivity index (χ4n) is 2.88. The number of nitrogens with zero attached hydrogens (tertiary/aromatic N) is 1. The standard InChI is InChI=1S/C17H20F6N2O5S/c1-29-12-2-4-13(5-3-12)31(27,28)24-10-11-6-8-25(9-7-11)15(26)30-14(16(18,19)20)17(21,22)23/h2-5,11,14,24H,6-10H2,1H3. The molecule has 1 aromatic rings. The van der Waals surface area contributed by atoms with Gasteiger partial charge in [0.25, 0.3) is 6.10 Å². The Morgan fingerprint density at radius 2 is 1.61 bits per heavy atom. The van der Waals surface area contributed by atoms with Crippen LogP contribution in [0.3, 0.4) is 0 Å². The molecule has 7 nitrogen and oxygen atoms in total. The third kappa shape index (κ3) is 6.89. The Morgan fingerprint density at radius 3 is 2.06 bits per heavy atom. The second-order valence-electron chi connectivity index (χ2n) is 6.80. The number of likely N-dealkylation sites (tertiary alicyclic amines) is 1. The zero-order chi connectivity index (χ0) is 23.4. The van der Waals surface area contributed by atoms with Gasteiger partial charge in [0, 0.05) is 19.6 Å². The van der Waals surface area contributed by atoms with Crippen LogP contribution >= 0.6 is 0 Å². The van der Waals surface area contributed by atoms with E-state index in [2.05, 4.69) is 9.46 Å². The van der Waals surface area contributed by atoms with Gasteiger partial charge in [0.1, 0.15) is 5.75 Å². The molecule has 0 bridgehead atoms. The van der Waals surface area contributed by atoms with Crippen molar-refractivity contribution in [1.29, 1.82) is 0 Å². The van der Waals surface area contributed by atoms with Crippen molar-refractivity contribution in [3.8, 4) is 5.75 Å². The van der Waals surface area contributed by atoms with E-state index in [1.807, 2.05) is 0 Å². The molecular weight excluding hydrogens is 458 g/mol. The Labute approximate surface area is 174 Å². The number of hydrogen-bond acceptors (Lipinski definition) is 5. The summed E-state index contributed by atoms with van der Waals surface area (Å²) in [6.07, 6.45) is -17.2. The quantitative estimate of drug-likeness (QED) is 0.635. The van der Waals surface area contributed by atoms with Gasteiger partial charge < -0.3 is 14.4 Å². The van der Waals surface area contributed by atoms with Gasteiger partial charge in [-0.3, -0.25) is 0 Å². The van der Waals surface area contributed by atoms with Crippen molar-refractivity contribution in [3.05, 3.63) is 24.3 Å². The maximum Gasteiger partial charge on any atom is 0.434 e. The molecule has 0 radical (unpaired) electrons. The fraction of sp³-hybridized carbons (Fsp3) is 0.588. The highest BCUT2D eigenvalue weighted by atomic mass is 32.2. The van der Waals surface area contributed by atoms with E-state index < -0.39 is 34.6 Å². The summed E-state index contributed by atoms with van der Waals surface area (Å²) < 4.78 is 111. The summed E-state index contributed by atoms with van der Waals surface area (Å²) in [6.45, 7) is -0.350. The van der Waals surface area contributed by atoms with Gasteiger partial charge in [-0.25, -0.2) is 17.9 Å². The topological polar surface area (TPSA) is 84.9 Å². The van der Waals surface area contributed by atoms with Gasteiger partial charge >= 0.3 is 18.4 Å². The van der Waals surface area contributed by atoms with Crippen LogP contribution in [0.15, 0.2) is 29.2 Å². The normalized spacial score (nSPS) is 16.5. The van der Waals surface area contributed by atoms with E-state index in [0.717, 1.165) is 4.90 Å². The average Bonchev–Trinajstić information content (AvgIpc) is 2.69. The summed E-state index contributed by atoms with van der Waals surface area (Å²) in [5.74, 6) is 0.203.